The first-order valence-electron chi connectivity index (χ1n) is 6.02. The fourth-order valence-corrected chi connectivity index (χ4v) is 2.43. The molecule has 2 aromatic rings. The molecule has 0 aliphatic rings. The number of nitrogens with two attached hydrogens (primary N) is 1. The van der Waals surface area contributed by atoms with Crippen LogP contribution in [0.25, 0.3) is 11.3 Å². The number of benzene rings is 1. The second-order valence-electron chi connectivity index (χ2n) is 5.52. The zero-order valence-corrected chi connectivity index (χ0v) is 12.2. The molecule has 0 spiro atoms. The lowest BCUT2D eigenvalue weighted by atomic mass is 10.1. The van der Waals surface area contributed by atoms with Gasteiger partial charge in [0.05, 0.1) is 0 Å². The highest BCUT2D eigenvalue weighted by Gasteiger charge is 2.23. The van der Waals surface area contributed by atoms with Crippen LogP contribution in [0.4, 0.5) is 10.2 Å². The molecule has 2 rings (SSSR count). The third kappa shape index (κ3) is 2.45. The second-order valence-corrected chi connectivity index (χ2v) is 5.96. The summed E-state index contributed by atoms with van der Waals surface area (Å²) in [6.45, 7) is 7.94. The van der Waals surface area contributed by atoms with Crippen molar-refractivity contribution in [2.45, 2.75) is 33.2 Å². The third-order valence-electron chi connectivity index (χ3n) is 2.94. The van der Waals surface area contributed by atoms with Crippen molar-refractivity contribution in [2.75, 3.05) is 5.73 Å². The first kappa shape index (κ1) is 13.9. The van der Waals surface area contributed by atoms with Crippen LogP contribution >= 0.6 is 11.6 Å². The minimum atomic E-state index is -0.419. The van der Waals surface area contributed by atoms with Crippen LogP contribution in [0, 0.1) is 12.7 Å². The minimum absolute atomic E-state index is 0.206. The summed E-state index contributed by atoms with van der Waals surface area (Å²) in [6, 6.07) is 4.50. The predicted molar refractivity (Wildman–Crippen MR) is 76.8 cm³/mol. The van der Waals surface area contributed by atoms with E-state index < -0.39 is 5.82 Å². The van der Waals surface area contributed by atoms with Crippen molar-refractivity contribution in [1.29, 1.82) is 0 Å². The van der Waals surface area contributed by atoms with E-state index in [2.05, 4.69) is 4.98 Å². The van der Waals surface area contributed by atoms with Crippen molar-refractivity contribution in [3.63, 3.8) is 0 Å². The van der Waals surface area contributed by atoms with Crippen molar-refractivity contribution in [3.05, 3.63) is 34.9 Å². The van der Waals surface area contributed by atoms with E-state index in [1.54, 1.807) is 12.1 Å². The lowest BCUT2D eigenvalue weighted by Crippen LogP contribution is -2.24. The number of anilines is 1. The summed E-state index contributed by atoms with van der Waals surface area (Å²) in [7, 11) is 0. The van der Waals surface area contributed by atoms with Crippen LogP contribution in [0.15, 0.2) is 18.2 Å². The topological polar surface area (TPSA) is 43.8 Å². The Kier molecular flexibility index (Phi) is 3.31. The molecule has 19 heavy (non-hydrogen) atoms. The smallest absolute Gasteiger partial charge is 0.134 e. The first-order chi connectivity index (χ1) is 8.71. The molecule has 5 heteroatoms. The number of imidazole rings is 1. The maximum absolute atomic E-state index is 14.0. The van der Waals surface area contributed by atoms with Crippen LogP contribution in [-0.4, -0.2) is 9.55 Å². The Morgan fingerprint density at radius 1 is 1.32 bits per heavy atom. The Balaban J connectivity index is 2.65. The fraction of sp³-hybridized carbons (Fsp3) is 0.357. The molecule has 0 radical (unpaired) electrons. The molecule has 0 bridgehead atoms. The summed E-state index contributed by atoms with van der Waals surface area (Å²) in [5.41, 5.74) is 6.75. The van der Waals surface area contributed by atoms with E-state index in [4.69, 9.17) is 17.3 Å². The van der Waals surface area contributed by atoms with E-state index in [1.807, 2.05) is 32.3 Å². The molecule has 102 valence electrons. The molecule has 1 aromatic heterocycles. The van der Waals surface area contributed by atoms with Gasteiger partial charge >= 0.3 is 0 Å². The molecule has 0 unspecified atom stereocenters. The Labute approximate surface area is 117 Å². The molecule has 0 atom stereocenters. The van der Waals surface area contributed by atoms with Gasteiger partial charge in [-0.05, 0) is 45.9 Å². The van der Waals surface area contributed by atoms with Crippen LogP contribution in [0.3, 0.4) is 0 Å². The molecular formula is C14H17ClFN3. The highest BCUT2D eigenvalue weighted by atomic mass is 35.5. The normalized spacial score (nSPS) is 11.9. The number of nitrogens with zero attached hydrogens (tertiary/aromatic N) is 2. The van der Waals surface area contributed by atoms with Crippen molar-refractivity contribution in [2.24, 2.45) is 0 Å². The summed E-state index contributed by atoms with van der Waals surface area (Å²) in [4.78, 5) is 4.39. The molecule has 0 amide bonds. The Hall–Kier alpha value is -1.55. The van der Waals surface area contributed by atoms with Crippen LogP contribution in [-0.2, 0) is 5.54 Å². The number of nitrogen functional groups attached to an aromatic ring is 1. The molecule has 2 N–H and O–H groups in total. The quantitative estimate of drug-likeness (QED) is 0.859. The summed E-state index contributed by atoms with van der Waals surface area (Å²) in [6.07, 6.45) is 0. The van der Waals surface area contributed by atoms with E-state index in [1.165, 1.54) is 6.07 Å². The lowest BCUT2D eigenvalue weighted by molar-refractivity contribution is 0.393. The number of rotatable bonds is 1. The lowest BCUT2D eigenvalue weighted by Gasteiger charge is -2.24. The SMILES string of the molecule is Cc1nc(-c2ccc(Cl)cc2F)c(N)n1C(C)(C)C. The monoisotopic (exact) mass is 281 g/mol. The molecular weight excluding hydrogens is 265 g/mol. The van der Waals surface area contributed by atoms with Gasteiger partial charge in [-0.1, -0.05) is 11.6 Å². The van der Waals surface area contributed by atoms with Crippen molar-refractivity contribution >= 4 is 17.4 Å². The van der Waals surface area contributed by atoms with Crippen LogP contribution < -0.4 is 5.73 Å². The van der Waals surface area contributed by atoms with Gasteiger partial charge < -0.3 is 10.3 Å². The van der Waals surface area contributed by atoms with Gasteiger partial charge in [0.1, 0.15) is 23.2 Å². The molecule has 1 aromatic carbocycles. The van der Waals surface area contributed by atoms with E-state index >= 15 is 0 Å². The van der Waals surface area contributed by atoms with Crippen molar-refractivity contribution in [1.82, 2.24) is 9.55 Å². The maximum atomic E-state index is 14.0. The predicted octanol–water partition coefficient (Wildman–Crippen LogP) is 3.99. The molecule has 0 aliphatic heterocycles. The summed E-state index contributed by atoms with van der Waals surface area (Å²) < 4.78 is 15.9. The van der Waals surface area contributed by atoms with Crippen LogP contribution in [0.2, 0.25) is 5.02 Å². The number of halogens is 2. The standard InChI is InChI=1S/C14H17ClFN3/c1-8-18-12(13(17)19(8)14(2,3)4)10-6-5-9(15)7-11(10)16/h5-7H,17H2,1-4H3. The summed E-state index contributed by atoms with van der Waals surface area (Å²) in [5, 5.41) is 0.354. The molecule has 0 saturated carbocycles. The zero-order valence-electron chi connectivity index (χ0n) is 11.5. The van der Waals surface area contributed by atoms with Gasteiger partial charge in [-0.15, -0.1) is 0 Å². The molecule has 3 nitrogen and oxygen atoms in total. The molecule has 0 saturated heterocycles. The molecule has 0 fully saturated rings. The van der Waals surface area contributed by atoms with Gasteiger partial charge in [-0.2, -0.15) is 0 Å². The number of hydrogen-bond acceptors (Lipinski definition) is 2. The van der Waals surface area contributed by atoms with E-state index in [9.17, 15) is 4.39 Å². The van der Waals surface area contributed by atoms with Crippen LogP contribution in [0.1, 0.15) is 26.6 Å². The maximum Gasteiger partial charge on any atom is 0.134 e. The highest BCUT2D eigenvalue weighted by molar-refractivity contribution is 6.30. The Morgan fingerprint density at radius 2 is 1.95 bits per heavy atom. The zero-order chi connectivity index (χ0) is 14.4. The Morgan fingerprint density at radius 3 is 2.42 bits per heavy atom. The molecule has 1 heterocycles. The average molecular weight is 282 g/mol. The van der Waals surface area contributed by atoms with Crippen molar-refractivity contribution < 1.29 is 4.39 Å². The third-order valence-corrected chi connectivity index (χ3v) is 3.17. The average Bonchev–Trinajstić information content (AvgIpc) is 2.53. The fourth-order valence-electron chi connectivity index (χ4n) is 2.28. The second kappa shape index (κ2) is 4.53. The number of aromatic nitrogens is 2. The molecule has 0 aliphatic carbocycles. The first-order valence-corrected chi connectivity index (χ1v) is 6.40. The number of aryl methyl sites for hydroxylation is 1. The minimum Gasteiger partial charge on any atom is -0.383 e. The van der Waals surface area contributed by atoms with E-state index in [0.29, 0.717) is 22.1 Å². The van der Waals surface area contributed by atoms with E-state index in [-0.39, 0.29) is 5.54 Å². The van der Waals surface area contributed by atoms with Gasteiger partial charge in [0, 0.05) is 16.1 Å². The van der Waals surface area contributed by atoms with Gasteiger partial charge in [0.15, 0.2) is 0 Å². The summed E-state index contributed by atoms with van der Waals surface area (Å²) >= 11 is 5.76. The highest BCUT2D eigenvalue weighted by Crippen LogP contribution is 2.33. The van der Waals surface area contributed by atoms with Gasteiger partial charge in [-0.3, -0.25) is 0 Å². The summed E-state index contributed by atoms with van der Waals surface area (Å²) in [5.74, 6) is 0.804. The largest absolute Gasteiger partial charge is 0.383 e. The van der Waals surface area contributed by atoms with Crippen molar-refractivity contribution in [3.8, 4) is 11.3 Å². The van der Waals surface area contributed by atoms with Gasteiger partial charge in [-0.25, -0.2) is 9.37 Å². The Bertz CT molecular complexity index is 626. The van der Waals surface area contributed by atoms with Crippen LogP contribution in [0.5, 0.6) is 0 Å². The number of hydrogen-bond donors (Lipinski definition) is 1. The van der Waals surface area contributed by atoms with E-state index in [0.717, 1.165) is 5.82 Å². The van der Waals surface area contributed by atoms with Gasteiger partial charge in [0.25, 0.3) is 0 Å². The van der Waals surface area contributed by atoms with Gasteiger partial charge in [0.2, 0.25) is 0 Å².